The van der Waals surface area contributed by atoms with Gasteiger partial charge < -0.3 is 5.11 Å². The Morgan fingerprint density at radius 1 is 0.710 bits per heavy atom. The van der Waals surface area contributed by atoms with E-state index >= 15 is 0 Å². The second-order valence-corrected chi connectivity index (χ2v) is 7.57. The van der Waals surface area contributed by atoms with Gasteiger partial charge in [-0.3, -0.25) is 4.90 Å². The highest BCUT2D eigenvalue weighted by Gasteiger charge is 2.12. The summed E-state index contributed by atoms with van der Waals surface area (Å²) < 4.78 is 3.70. The topological polar surface area (TPSA) is 84.9 Å². The summed E-state index contributed by atoms with van der Waals surface area (Å²) in [5.41, 5.74) is 4.16. The second-order valence-electron chi connectivity index (χ2n) is 7.57. The second kappa shape index (κ2) is 10.6. The Morgan fingerprint density at radius 3 is 1.65 bits per heavy atom. The van der Waals surface area contributed by atoms with Gasteiger partial charge in [0.15, 0.2) is 0 Å². The van der Waals surface area contributed by atoms with Gasteiger partial charge in [0.05, 0.1) is 36.9 Å². The molecule has 4 aromatic rings. The lowest BCUT2D eigenvalue weighted by atomic mass is 10.2. The first-order valence-corrected chi connectivity index (χ1v) is 10.5. The highest BCUT2D eigenvalue weighted by molar-refractivity contribution is 5.15. The van der Waals surface area contributed by atoms with Gasteiger partial charge in [-0.25, -0.2) is 9.36 Å². The lowest BCUT2D eigenvalue weighted by Gasteiger charge is -2.19. The van der Waals surface area contributed by atoms with Crippen molar-refractivity contribution >= 4 is 0 Å². The first kappa shape index (κ1) is 20.9. The van der Waals surface area contributed by atoms with Crippen LogP contribution in [-0.4, -0.2) is 53.1 Å². The number of rotatable bonds is 11. The Labute approximate surface area is 181 Å². The lowest BCUT2D eigenvalue weighted by molar-refractivity contribution is 0.209. The van der Waals surface area contributed by atoms with Crippen LogP contribution < -0.4 is 0 Å². The van der Waals surface area contributed by atoms with Gasteiger partial charge in [0.2, 0.25) is 0 Å². The maximum Gasteiger partial charge on any atom is 0.0967 e. The molecule has 4 rings (SSSR count). The number of nitrogens with zero attached hydrogens (tertiary/aromatic N) is 7. The van der Waals surface area contributed by atoms with Crippen LogP contribution in [0.1, 0.15) is 28.9 Å². The molecule has 8 nitrogen and oxygen atoms in total. The molecule has 2 aromatic heterocycles. The van der Waals surface area contributed by atoms with Crippen LogP contribution in [0.5, 0.6) is 0 Å². The van der Waals surface area contributed by atoms with Crippen LogP contribution >= 0.6 is 0 Å². The van der Waals surface area contributed by atoms with Crippen molar-refractivity contribution in [3.63, 3.8) is 0 Å². The molecule has 0 saturated carbocycles. The Kier molecular flexibility index (Phi) is 7.15. The molecule has 31 heavy (non-hydrogen) atoms. The van der Waals surface area contributed by atoms with Gasteiger partial charge in [0.1, 0.15) is 0 Å². The monoisotopic (exact) mass is 417 g/mol. The van der Waals surface area contributed by atoms with Crippen molar-refractivity contribution < 1.29 is 5.11 Å². The number of hydrogen-bond donors (Lipinski definition) is 1. The molecule has 0 radical (unpaired) electrons. The highest BCUT2D eigenvalue weighted by Crippen LogP contribution is 2.09. The Balaban J connectivity index is 1.37. The molecule has 0 unspecified atom stereocenters. The molecule has 0 aliphatic carbocycles. The zero-order valence-corrected chi connectivity index (χ0v) is 17.5. The van der Waals surface area contributed by atoms with E-state index in [0.717, 1.165) is 17.9 Å². The van der Waals surface area contributed by atoms with E-state index in [9.17, 15) is 5.11 Å². The largest absolute Gasteiger partial charge is 0.396 e. The van der Waals surface area contributed by atoms with Gasteiger partial charge in [-0.2, -0.15) is 0 Å². The standard InChI is InChI=1S/C23H27N7O/c31-13-7-12-28(16-22-18-29(26-24-22)14-20-8-3-1-4-9-20)17-23-19-30(27-25-23)15-21-10-5-2-6-11-21/h1-6,8-11,18-19,31H,7,12-17H2. The summed E-state index contributed by atoms with van der Waals surface area (Å²) in [6.45, 7) is 3.56. The summed E-state index contributed by atoms with van der Waals surface area (Å²) >= 11 is 0. The summed E-state index contributed by atoms with van der Waals surface area (Å²) in [5, 5.41) is 26.5. The average Bonchev–Trinajstić information content (AvgIpc) is 3.42. The molecule has 2 heterocycles. The molecule has 1 N–H and O–H groups in total. The number of aliphatic hydroxyl groups excluding tert-OH is 1. The molecule has 0 saturated heterocycles. The number of aliphatic hydroxyl groups is 1. The Bertz CT molecular complexity index is 964. The normalized spacial score (nSPS) is 11.3. The van der Waals surface area contributed by atoms with Crippen molar-refractivity contribution in [3.05, 3.63) is 95.6 Å². The summed E-state index contributed by atoms with van der Waals surface area (Å²) in [7, 11) is 0. The number of aromatic nitrogens is 6. The lowest BCUT2D eigenvalue weighted by Crippen LogP contribution is -2.25. The van der Waals surface area contributed by atoms with Crippen LogP contribution in [0, 0.1) is 0 Å². The van der Waals surface area contributed by atoms with Crippen LogP contribution in [0.2, 0.25) is 0 Å². The summed E-state index contributed by atoms with van der Waals surface area (Å²) in [6, 6.07) is 20.4. The minimum atomic E-state index is 0.151. The van der Waals surface area contributed by atoms with Gasteiger partial charge in [-0.15, -0.1) is 10.2 Å². The van der Waals surface area contributed by atoms with Crippen LogP contribution in [0.4, 0.5) is 0 Å². The first-order chi connectivity index (χ1) is 15.3. The van der Waals surface area contributed by atoms with E-state index in [1.165, 1.54) is 11.1 Å². The maximum absolute atomic E-state index is 9.29. The predicted molar refractivity (Wildman–Crippen MR) is 117 cm³/mol. The molecule has 160 valence electrons. The van der Waals surface area contributed by atoms with Gasteiger partial charge in [0, 0.05) is 26.2 Å². The number of hydrogen-bond acceptors (Lipinski definition) is 6. The molecular formula is C23H27N7O. The minimum Gasteiger partial charge on any atom is -0.396 e. The van der Waals surface area contributed by atoms with Gasteiger partial charge >= 0.3 is 0 Å². The summed E-state index contributed by atoms with van der Waals surface area (Å²) in [5.74, 6) is 0. The Hall–Kier alpha value is -3.36. The van der Waals surface area contributed by atoms with Crippen molar-refractivity contribution in [1.29, 1.82) is 0 Å². The van der Waals surface area contributed by atoms with Gasteiger partial charge in [-0.05, 0) is 17.5 Å². The quantitative estimate of drug-likeness (QED) is 0.403. The fourth-order valence-corrected chi connectivity index (χ4v) is 3.48. The third-order valence-corrected chi connectivity index (χ3v) is 4.95. The third-order valence-electron chi connectivity index (χ3n) is 4.95. The van der Waals surface area contributed by atoms with Crippen molar-refractivity contribution in [2.75, 3.05) is 13.2 Å². The van der Waals surface area contributed by atoms with E-state index in [0.29, 0.717) is 32.6 Å². The zero-order chi connectivity index (χ0) is 21.3. The van der Waals surface area contributed by atoms with Crippen LogP contribution in [0.3, 0.4) is 0 Å². The highest BCUT2D eigenvalue weighted by atomic mass is 16.3. The van der Waals surface area contributed by atoms with Crippen molar-refractivity contribution in [3.8, 4) is 0 Å². The van der Waals surface area contributed by atoms with Crippen LogP contribution in [-0.2, 0) is 26.2 Å². The van der Waals surface area contributed by atoms with Crippen molar-refractivity contribution in [1.82, 2.24) is 34.9 Å². The average molecular weight is 418 g/mol. The molecule has 0 aliphatic heterocycles. The molecule has 2 aromatic carbocycles. The molecular weight excluding hydrogens is 390 g/mol. The van der Waals surface area contributed by atoms with E-state index in [4.69, 9.17) is 0 Å². The molecule has 0 fully saturated rings. The van der Waals surface area contributed by atoms with Gasteiger partial charge in [0.25, 0.3) is 0 Å². The Morgan fingerprint density at radius 2 is 1.19 bits per heavy atom. The molecule has 8 heteroatoms. The summed E-state index contributed by atoms with van der Waals surface area (Å²) in [4.78, 5) is 2.21. The molecule has 0 aliphatic rings. The molecule has 0 atom stereocenters. The van der Waals surface area contributed by atoms with Crippen molar-refractivity contribution in [2.24, 2.45) is 0 Å². The smallest absolute Gasteiger partial charge is 0.0967 e. The third kappa shape index (κ3) is 6.31. The van der Waals surface area contributed by atoms with E-state index in [-0.39, 0.29) is 6.61 Å². The summed E-state index contributed by atoms with van der Waals surface area (Å²) in [6.07, 6.45) is 4.65. The maximum atomic E-state index is 9.29. The number of benzene rings is 2. The van der Waals surface area contributed by atoms with E-state index in [1.807, 2.05) is 58.2 Å². The minimum absolute atomic E-state index is 0.151. The van der Waals surface area contributed by atoms with E-state index in [2.05, 4.69) is 49.8 Å². The molecule has 0 amide bonds. The first-order valence-electron chi connectivity index (χ1n) is 10.5. The SMILES string of the molecule is OCCCN(Cc1cn(Cc2ccccc2)nn1)Cc1cn(Cc2ccccc2)nn1. The van der Waals surface area contributed by atoms with E-state index in [1.54, 1.807) is 0 Å². The fraction of sp³-hybridized carbons (Fsp3) is 0.304. The van der Waals surface area contributed by atoms with Crippen molar-refractivity contribution in [2.45, 2.75) is 32.6 Å². The van der Waals surface area contributed by atoms with Gasteiger partial charge in [-0.1, -0.05) is 71.1 Å². The molecule has 0 bridgehead atoms. The fourth-order valence-electron chi connectivity index (χ4n) is 3.48. The molecule has 0 spiro atoms. The predicted octanol–water partition coefficient (Wildman–Crippen LogP) is 2.35. The van der Waals surface area contributed by atoms with Crippen LogP contribution in [0.15, 0.2) is 73.1 Å². The van der Waals surface area contributed by atoms with Crippen LogP contribution in [0.25, 0.3) is 0 Å². The van der Waals surface area contributed by atoms with E-state index < -0.39 is 0 Å². The zero-order valence-electron chi connectivity index (χ0n) is 17.5.